The molecule has 0 aliphatic rings. The predicted molar refractivity (Wildman–Crippen MR) is 84.3 cm³/mol. The van der Waals surface area contributed by atoms with Gasteiger partial charge < -0.3 is 0 Å². The Labute approximate surface area is 128 Å². The van der Waals surface area contributed by atoms with E-state index in [-0.39, 0.29) is 5.78 Å². The molecule has 106 valence electrons. The molecule has 0 bridgehead atoms. The Kier molecular flexibility index (Phi) is 4.43. The second kappa shape index (κ2) is 5.92. The maximum absolute atomic E-state index is 12.6. The van der Waals surface area contributed by atoms with E-state index in [1.54, 1.807) is 0 Å². The summed E-state index contributed by atoms with van der Waals surface area (Å²) < 4.78 is 2.84. The van der Waals surface area contributed by atoms with Crippen molar-refractivity contribution in [2.45, 2.75) is 40.7 Å². The minimum absolute atomic E-state index is 0.149. The molecule has 0 amide bonds. The third-order valence-electron chi connectivity index (χ3n) is 3.54. The molecule has 0 aliphatic heterocycles. The molecule has 0 aliphatic carbocycles. The van der Waals surface area contributed by atoms with Crippen LogP contribution in [0.15, 0.2) is 22.7 Å². The summed E-state index contributed by atoms with van der Waals surface area (Å²) in [5.74, 6) is 0.149. The van der Waals surface area contributed by atoms with Crippen molar-refractivity contribution in [2.75, 3.05) is 0 Å². The lowest BCUT2D eigenvalue weighted by Gasteiger charge is -2.10. The number of carbonyl (C=O) groups is 1. The van der Waals surface area contributed by atoms with E-state index < -0.39 is 0 Å². The lowest BCUT2D eigenvalue weighted by Crippen LogP contribution is -2.12. The van der Waals surface area contributed by atoms with Gasteiger partial charge in [0.15, 0.2) is 5.78 Å². The second-order valence-electron chi connectivity index (χ2n) is 5.03. The summed E-state index contributed by atoms with van der Waals surface area (Å²) in [6.45, 7) is 8.71. The maximum atomic E-state index is 12.6. The van der Waals surface area contributed by atoms with E-state index >= 15 is 0 Å². The number of aromatic nitrogens is 2. The zero-order valence-electron chi connectivity index (χ0n) is 12.3. The minimum atomic E-state index is 0.149. The highest BCUT2D eigenvalue weighted by Crippen LogP contribution is 2.24. The fraction of sp³-hybridized carbons (Fsp3) is 0.375. The zero-order valence-corrected chi connectivity index (χ0v) is 13.9. The van der Waals surface area contributed by atoms with E-state index in [2.05, 4.69) is 21.0 Å². The van der Waals surface area contributed by atoms with Crippen LogP contribution in [0.1, 0.15) is 39.8 Å². The van der Waals surface area contributed by atoms with Crippen molar-refractivity contribution in [2.24, 2.45) is 0 Å². The van der Waals surface area contributed by atoms with Crippen LogP contribution in [0.3, 0.4) is 0 Å². The van der Waals surface area contributed by atoms with E-state index in [1.807, 2.05) is 50.6 Å². The quantitative estimate of drug-likeness (QED) is 0.791. The van der Waals surface area contributed by atoms with Crippen molar-refractivity contribution >= 4 is 21.7 Å². The summed E-state index contributed by atoms with van der Waals surface area (Å²) >= 11 is 3.54. The highest BCUT2D eigenvalue weighted by Gasteiger charge is 2.18. The molecule has 0 spiro atoms. The van der Waals surface area contributed by atoms with Gasteiger partial charge in [-0.3, -0.25) is 9.48 Å². The topological polar surface area (TPSA) is 34.9 Å². The van der Waals surface area contributed by atoms with Crippen LogP contribution in [0, 0.1) is 20.8 Å². The number of benzene rings is 1. The zero-order chi connectivity index (χ0) is 14.9. The number of aryl methyl sites for hydroxylation is 4. The number of ketones is 1. The Bertz CT molecular complexity index is 638. The highest BCUT2D eigenvalue weighted by molar-refractivity contribution is 9.10. The molecule has 1 aromatic carbocycles. The molecule has 0 fully saturated rings. The van der Waals surface area contributed by atoms with Gasteiger partial charge in [-0.15, -0.1) is 0 Å². The molecule has 0 radical (unpaired) electrons. The Morgan fingerprint density at radius 2 is 1.85 bits per heavy atom. The Hall–Kier alpha value is -1.42. The fourth-order valence-corrected chi connectivity index (χ4v) is 2.96. The first-order valence-electron chi connectivity index (χ1n) is 6.76. The molecule has 3 nitrogen and oxygen atoms in total. The number of carbonyl (C=O) groups excluding carboxylic acids is 1. The first-order chi connectivity index (χ1) is 9.45. The summed E-state index contributed by atoms with van der Waals surface area (Å²) in [5.41, 5.74) is 4.78. The van der Waals surface area contributed by atoms with E-state index in [1.165, 1.54) is 0 Å². The molecule has 2 aromatic rings. The first kappa shape index (κ1) is 15.0. The van der Waals surface area contributed by atoms with E-state index in [0.29, 0.717) is 6.42 Å². The van der Waals surface area contributed by atoms with Gasteiger partial charge >= 0.3 is 0 Å². The average molecular weight is 335 g/mol. The number of halogens is 1. The summed E-state index contributed by atoms with van der Waals surface area (Å²) in [5, 5.41) is 4.44. The maximum Gasteiger partial charge on any atom is 0.169 e. The molecule has 2 rings (SSSR count). The van der Waals surface area contributed by atoms with Crippen LogP contribution >= 0.6 is 15.9 Å². The van der Waals surface area contributed by atoms with Gasteiger partial charge in [-0.25, -0.2) is 0 Å². The van der Waals surface area contributed by atoms with Gasteiger partial charge in [0.05, 0.1) is 22.3 Å². The Morgan fingerprint density at radius 1 is 1.25 bits per heavy atom. The van der Waals surface area contributed by atoms with Crippen molar-refractivity contribution in [3.05, 3.63) is 50.8 Å². The van der Waals surface area contributed by atoms with Crippen LogP contribution in [-0.2, 0) is 13.0 Å². The van der Waals surface area contributed by atoms with Gasteiger partial charge in [0.2, 0.25) is 0 Å². The van der Waals surface area contributed by atoms with Crippen molar-refractivity contribution < 1.29 is 4.79 Å². The van der Waals surface area contributed by atoms with Crippen LogP contribution in [-0.4, -0.2) is 15.6 Å². The van der Waals surface area contributed by atoms with Crippen LogP contribution in [0.2, 0.25) is 0 Å². The van der Waals surface area contributed by atoms with Gasteiger partial charge in [0.1, 0.15) is 0 Å². The van der Waals surface area contributed by atoms with E-state index in [0.717, 1.165) is 39.1 Å². The fourth-order valence-electron chi connectivity index (χ4n) is 2.53. The van der Waals surface area contributed by atoms with Gasteiger partial charge in [-0.2, -0.15) is 5.10 Å². The third-order valence-corrected chi connectivity index (χ3v) is 4.57. The third kappa shape index (κ3) is 2.70. The van der Waals surface area contributed by atoms with Crippen LogP contribution < -0.4 is 0 Å². The molecular formula is C16H19BrN2O. The van der Waals surface area contributed by atoms with Crippen LogP contribution in [0.5, 0.6) is 0 Å². The average Bonchev–Trinajstić information content (AvgIpc) is 2.66. The number of hydrogen-bond donors (Lipinski definition) is 0. The monoisotopic (exact) mass is 334 g/mol. The minimum Gasteiger partial charge on any atom is -0.294 e. The van der Waals surface area contributed by atoms with Crippen LogP contribution in [0.25, 0.3) is 0 Å². The Morgan fingerprint density at radius 3 is 2.40 bits per heavy atom. The largest absolute Gasteiger partial charge is 0.294 e. The smallest absolute Gasteiger partial charge is 0.169 e. The number of Topliss-reactive ketones (excluding diaryl/α,β-unsaturated/α-hetero) is 1. The molecule has 4 heteroatoms. The number of hydrogen-bond acceptors (Lipinski definition) is 2. The number of nitrogens with zero attached hydrogens (tertiary/aromatic N) is 2. The Balaban J connectivity index is 2.38. The second-order valence-corrected chi connectivity index (χ2v) is 5.82. The molecule has 0 saturated carbocycles. The first-order valence-corrected chi connectivity index (χ1v) is 7.56. The van der Waals surface area contributed by atoms with Crippen LogP contribution in [0.4, 0.5) is 0 Å². The normalized spacial score (nSPS) is 10.8. The van der Waals surface area contributed by atoms with Gasteiger partial charge in [-0.05, 0) is 54.8 Å². The van der Waals surface area contributed by atoms with Crippen molar-refractivity contribution in [1.82, 2.24) is 9.78 Å². The number of rotatable bonds is 4. The molecule has 1 aromatic heterocycles. The van der Waals surface area contributed by atoms with Gasteiger partial charge in [0.25, 0.3) is 0 Å². The van der Waals surface area contributed by atoms with Gasteiger partial charge in [0, 0.05) is 12.1 Å². The van der Waals surface area contributed by atoms with Gasteiger partial charge in [-0.1, -0.05) is 18.2 Å². The molecule has 0 unspecified atom stereocenters. The summed E-state index contributed by atoms with van der Waals surface area (Å²) in [4.78, 5) is 12.6. The summed E-state index contributed by atoms with van der Waals surface area (Å²) in [6, 6.07) is 5.95. The molecule has 0 atom stereocenters. The van der Waals surface area contributed by atoms with Crippen molar-refractivity contribution in [3.63, 3.8) is 0 Å². The predicted octanol–water partition coefficient (Wildman–Crippen LogP) is 4.02. The lowest BCUT2D eigenvalue weighted by molar-refractivity contribution is 0.0989. The standard InChI is InChI=1S/C16H19BrN2O/c1-5-19-13(16(17)12(4)18-19)9-14(20)15-10(2)7-6-8-11(15)3/h6-8H,5,9H2,1-4H3. The van der Waals surface area contributed by atoms with Crippen molar-refractivity contribution in [3.8, 4) is 0 Å². The molecule has 0 saturated heterocycles. The van der Waals surface area contributed by atoms with Crippen molar-refractivity contribution in [1.29, 1.82) is 0 Å². The molecular weight excluding hydrogens is 316 g/mol. The molecule has 0 N–H and O–H groups in total. The SMILES string of the molecule is CCn1nc(C)c(Br)c1CC(=O)c1c(C)cccc1C. The summed E-state index contributed by atoms with van der Waals surface area (Å²) in [7, 11) is 0. The van der Waals surface area contributed by atoms with E-state index in [4.69, 9.17) is 0 Å². The molecule has 1 heterocycles. The lowest BCUT2D eigenvalue weighted by atomic mass is 9.96. The summed E-state index contributed by atoms with van der Waals surface area (Å²) in [6.07, 6.45) is 0.376. The van der Waals surface area contributed by atoms with E-state index in [9.17, 15) is 4.79 Å². The molecule has 20 heavy (non-hydrogen) atoms. The highest BCUT2D eigenvalue weighted by atomic mass is 79.9.